The van der Waals surface area contributed by atoms with Crippen LogP contribution < -0.4 is 25.2 Å². The van der Waals surface area contributed by atoms with Gasteiger partial charge in [0.05, 0.1) is 32.7 Å². The van der Waals surface area contributed by atoms with Crippen molar-refractivity contribution in [3.63, 3.8) is 0 Å². The number of aromatic nitrogens is 2. The van der Waals surface area contributed by atoms with Crippen LogP contribution in [0.3, 0.4) is 0 Å². The highest BCUT2D eigenvalue weighted by molar-refractivity contribution is 6.04. The van der Waals surface area contributed by atoms with Gasteiger partial charge in [0.25, 0.3) is 5.91 Å². The number of rotatable bonds is 6. The normalized spacial score (nSPS) is 10.2. The Hall–Kier alpha value is -3.81. The predicted molar refractivity (Wildman–Crippen MR) is 104 cm³/mol. The first-order chi connectivity index (χ1) is 13.5. The molecule has 1 amide bonds. The Morgan fingerprint density at radius 2 is 1.61 bits per heavy atom. The van der Waals surface area contributed by atoms with Crippen LogP contribution in [0.25, 0.3) is 11.3 Å². The number of H-pyrrole nitrogens is 1. The number of hydrogen-bond donors (Lipinski definition) is 2. The van der Waals surface area contributed by atoms with E-state index in [0.717, 1.165) is 0 Å². The first kappa shape index (κ1) is 19.0. The first-order valence-electron chi connectivity index (χ1n) is 8.33. The third-order valence-corrected chi connectivity index (χ3v) is 4.03. The molecule has 0 atom stereocenters. The second-order valence-electron chi connectivity index (χ2n) is 5.73. The van der Waals surface area contributed by atoms with E-state index in [4.69, 9.17) is 14.2 Å². The summed E-state index contributed by atoms with van der Waals surface area (Å²) in [6.07, 6.45) is 0. The molecule has 0 spiro atoms. The van der Waals surface area contributed by atoms with Gasteiger partial charge < -0.3 is 24.5 Å². The Kier molecular flexibility index (Phi) is 5.59. The minimum absolute atomic E-state index is 0.0655. The highest BCUT2D eigenvalue weighted by Gasteiger charge is 2.14. The number of carbonyl (C=O) groups is 1. The van der Waals surface area contributed by atoms with E-state index in [9.17, 15) is 9.59 Å². The maximum Gasteiger partial charge on any atom is 0.346 e. The summed E-state index contributed by atoms with van der Waals surface area (Å²) in [5, 5.41) is 2.71. The second-order valence-corrected chi connectivity index (χ2v) is 5.73. The van der Waals surface area contributed by atoms with Gasteiger partial charge in [0, 0.05) is 11.6 Å². The molecule has 2 aromatic carbocycles. The molecular formula is C20H19N3O5. The molecule has 8 nitrogen and oxygen atoms in total. The lowest BCUT2D eigenvalue weighted by molar-refractivity contribution is 0.102. The number of anilines is 1. The van der Waals surface area contributed by atoms with Crippen molar-refractivity contribution >= 4 is 11.6 Å². The summed E-state index contributed by atoms with van der Waals surface area (Å²) in [5.74, 6) is 1.18. The molecule has 8 heteroatoms. The van der Waals surface area contributed by atoms with E-state index in [2.05, 4.69) is 15.3 Å². The third kappa shape index (κ3) is 4.12. The fourth-order valence-corrected chi connectivity index (χ4v) is 2.59. The molecule has 3 aromatic rings. The summed E-state index contributed by atoms with van der Waals surface area (Å²) < 4.78 is 15.5. The number of amides is 1. The molecule has 0 fully saturated rings. The van der Waals surface area contributed by atoms with E-state index < -0.39 is 11.6 Å². The van der Waals surface area contributed by atoms with E-state index >= 15 is 0 Å². The quantitative estimate of drug-likeness (QED) is 0.681. The largest absolute Gasteiger partial charge is 0.497 e. The number of carbonyl (C=O) groups excluding carboxylic acids is 1. The van der Waals surface area contributed by atoms with Crippen molar-refractivity contribution in [1.29, 1.82) is 0 Å². The van der Waals surface area contributed by atoms with Gasteiger partial charge in [-0.1, -0.05) is 0 Å². The van der Waals surface area contributed by atoms with Crippen molar-refractivity contribution in [1.82, 2.24) is 9.97 Å². The van der Waals surface area contributed by atoms with Crippen molar-refractivity contribution in [2.45, 2.75) is 0 Å². The van der Waals surface area contributed by atoms with Crippen LogP contribution in [0.5, 0.6) is 17.2 Å². The summed E-state index contributed by atoms with van der Waals surface area (Å²) in [5.41, 5.74) is 0.899. The highest BCUT2D eigenvalue weighted by Crippen LogP contribution is 2.29. The summed E-state index contributed by atoms with van der Waals surface area (Å²) in [6.45, 7) is 0. The Labute approximate surface area is 161 Å². The molecular weight excluding hydrogens is 362 g/mol. The molecule has 0 unspecified atom stereocenters. The molecule has 0 radical (unpaired) electrons. The average Bonchev–Trinajstić information content (AvgIpc) is 2.73. The lowest BCUT2D eigenvalue weighted by Gasteiger charge is -2.12. The van der Waals surface area contributed by atoms with Crippen LogP contribution in [0.15, 0.2) is 53.3 Å². The average molecular weight is 381 g/mol. The summed E-state index contributed by atoms with van der Waals surface area (Å²) in [7, 11) is 4.58. The highest BCUT2D eigenvalue weighted by atomic mass is 16.5. The zero-order chi connectivity index (χ0) is 20.1. The Morgan fingerprint density at radius 1 is 0.929 bits per heavy atom. The van der Waals surface area contributed by atoms with Gasteiger partial charge in [0.1, 0.15) is 22.9 Å². The van der Waals surface area contributed by atoms with Gasteiger partial charge in [-0.05, 0) is 42.5 Å². The van der Waals surface area contributed by atoms with Gasteiger partial charge in [-0.15, -0.1) is 0 Å². The Balaban J connectivity index is 1.92. The third-order valence-electron chi connectivity index (χ3n) is 4.03. The molecule has 0 aliphatic heterocycles. The first-order valence-corrected chi connectivity index (χ1v) is 8.33. The molecule has 0 saturated carbocycles. The number of hydrogen-bond acceptors (Lipinski definition) is 6. The topological polar surface area (TPSA) is 103 Å². The van der Waals surface area contributed by atoms with Crippen LogP contribution in [0.1, 0.15) is 10.5 Å². The SMILES string of the molecule is COc1ccc(-c2cc(C(=O)Nc3cc(OC)ccc3OC)[nH]c(=O)n2)cc1. The number of nitrogens with one attached hydrogen (secondary N) is 2. The Morgan fingerprint density at radius 3 is 2.25 bits per heavy atom. The van der Waals surface area contributed by atoms with E-state index in [1.54, 1.807) is 49.6 Å². The smallest absolute Gasteiger partial charge is 0.346 e. The summed E-state index contributed by atoms with van der Waals surface area (Å²) in [6, 6.07) is 13.5. The van der Waals surface area contributed by atoms with Crippen molar-refractivity contribution in [3.8, 4) is 28.5 Å². The molecule has 1 heterocycles. The molecule has 0 aliphatic carbocycles. The van der Waals surface area contributed by atoms with Crippen LogP contribution >= 0.6 is 0 Å². The van der Waals surface area contributed by atoms with Crippen LogP contribution in [0, 0.1) is 0 Å². The van der Waals surface area contributed by atoms with Crippen molar-refractivity contribution < 1.29 is 19.0 Å². The molecule has 28 heavy (non-hydrogen) atoms. The standard InChI is InChI=1S/C20H19N3O5/c1-26-13-6-4-12(5-7-13)15-11-17(23-20(25)22-15)19(24)21-16-10-14(27-2)8-9-18(16)28-3/h4-11H,1-3H3,(H,21,24)(H,22,23,25). The van der Waals surface area contributed by atoms with Gasteiger partial charge in [-0.2, -0.15) is 4.98 Å². The van der Waals surface area contributed by atoms with Crippen LogP contribution in [-0.2, 0) is 0 Å². The predicted octanol–water partition coefficient (Wildman–Crippen LogP) is 2.71. The van der Waals surface area contributed by atoms with Gasteiger partial charge in [-0.25, -0.2) is 4.79 Å². The molecule has 3 rings (SSSR count). The number of benzene rings is 2. The molecule has 0 bridgehead atoms. The van der Waals surface area contributed by atoms with Crippen molar-refractivity contribution in [3.05, 3.63) is 64.7 Å². The number of ether oxygens (including phenoxy) is 3. The second kappa shape index (κ2) is 8.26. The Bertz CT molecular complexity index is 1040. The van der Waals surface area contributed by atoms with E-state index in [1.807, 2.05) is 0 Å². The zero-order valence-electron chi connectivity index (χ0n) is 15.6. The number of methoxy groups -OCH3 is 3. The molecule has 144 valence electrons. The van der Waals surface area contributed by atoms with Crippen molar-refractivity contribution in [2.75, 3.05) is 26.6 Å². The van der Waals surface area contributed by atoms with Gasteiger partial charge in [0.15, 0.2) is 0 Å². The molecule has 0 saturated heterocycles. The lowest BCUT2D eigenvalue weighted by atomic mass is 10.1. The van der Waals surface area contributed by atoms with E-state index in [0.29, 0.717) is 34.2 Å². The molecule has 0 aliphatic rings. The molecule has 2 N–H and O–H groups in total. The van der Waals surface area contributed by atoms with Crippen LogP contribution in [0.2, 0.25) is 0 Å². The van der Waals surface area contributed by atoms with Gasteiger partial charge in [-0.3, -0.25) is 4.79 Å². The minimum atomic E-state index is -0.629. The van der Waals surface area contributed by atoms with E-state index in [-0.39, 0.29) is 5.69 Å². The van der Waals surface area contributed by atoms with Crippen LogP contribution in [0.4, 0.5) is 5.69 Å². The summed E-state index contributed by atoms with van der Waals surface area (Å²) >= 11 is 0. The zero-order valence-corrected chi connectivity index (χ0v) is 15.6. The number of nitrogens with zero attached hydrogens (tertiary/aromatic N) is 1. The maximum atomic E-state index is 12.7. The number of aromatic amines is 1. The monoisotopic (exact) mass is 381 g/mol. The fraction of sp³-hybridized carbons (Fsp3) is 0.150. The van der Waals surface area contributed by atoms with Crippen molar-refractivity contribution in [2.24, 2.45) is 0 Å². The summed E-state index contributed by atoms with van der Waals surface area (Å²) in [4.78, 5) is 31.0. The maximum absolute atomic E-state index is 12.7. The lowest BCUT2D eigenvalue weighted by Crippen LogP contribution is -2.21. The van der Waals surface area contributed by atoms with Crippen LogP contribution in [-0.4, -0.2) is 37.2 Å². The molecule has 1 aromatic heterocycles. The fourth-order valence-electron chi connectivity index (χ4n) is 2.59. The van der Waals surface area contributed by atoms with E-state index in [1.165, 1.54) is 20.3 Å². The van der Waals surface area contributed by atoms with Gasteiger partial charge >= 0.3 is 5.69 Å². The minimum Gasteiger partial charge on any atom is -0.497 e. The van der Waals surface area contributed by atoms with Gasteiger partial charge in [0.2, 0.25) is 0 Å².